The van der Waals surface area contributed by atoms with Gasteiger partial charge in [-0.3, -0.25) is 4.79 Å². The van der Waals surface area contributed by atoms with E-state index in [1.54, 1.807) is 0 Å². The molecule has 1 aromatic rings. The fraction of sp³-hybridized carbons (Fsp3) is 0.385. The molecule has 1 aliphatic heterocycles. The third kappa shape index (κ3) is 3.31. The van der Waals surface area contributed by atoms with Crippen LogP contribution in [0.3, 0.4) is 0 Å². The van der Waals surface area contributed by atoms with E-state index >= 15 is 0 Å². The van der Waals surface area contributed by atoms with Gasteiger partial charge in [0, 0.05) is 13.3 Å². The van der Waals surface area contributed by atoms with Crippen LogP contribution in [0.15, 0.2) is 35.5 Å². The highest BCUT2D eigenvalue weighted by molar-refractivity contribution is 6.38. The molecule has 0 aliphatic carbocycles. The molecule has 2 rings (SSSR count). The van der Waals surface area contributed by atoms with Gasteiger partial charge in [-0.15, -0.1) is 0 Å². The summed E-state index contributed by atoms with van der Waals surface area (Å²) in [6.07, 6.45) is 1.36. The zero-order chi connectivity index (χ0) is 12.1. The molecular formula is C13H15NO3. The maximum absolute atomic E-state index is 11.0. The number of hydrogen-bond acceptors (Lipinski definition) is 4. The van der Waals surface area contributed by atoms with Gasteiger partial charge < -0.3 is 9.57 Å². The average molecular weight is 233 g/mol. The Morgan fingerprint density at radius 3 is 2.82 bits per heavy atom. The van der Waals surface area contributed by atoms with Crippen molar-refractivity contribution in [2.24, 2.45) is 5.16 Å². The average Bonchev–Trinajstić information content (AvgIpc) is 2.38. The highest BCUT2D eigenvalue weighted by Gasteiger charge is 2.20. The van der Waals surface area contributed by atoms with Crippen LogP contribution < -0.4 is 4.74 Å². The first-order chi connectivity index (χ1) is 8.25. The summed E-state index contributed by atoms with van der Waals surface area (Å²) >= 11 is 0. The van der Waals surface area contributed by atoms with Gasteiger partial charge in [-0.05, 0) is 18.6 Å². The molecule has 1 heterocycles. The molecule has 0 spiro atoms. The summed E-state index contributed by atoms with van der Waals surface area (Å²) in [5.41, 5.74) is 0.515. The lowest BCUT2D eigenvalue weighted by Crippen LogP contribution is -2.27. The van der Waals surface area contributed by atoms with Crippen molar-refractivity contribution in [1.82, 2.24) is 0 Å². The van der Waals surface area contributed by atoms with E-state index in [1.165, 1.54) is 6.92 Å². The van der Waals surface area contributed by atoms with Crippen molar-refractivity contribution in [2.45, 2.75) is 25.9 Å². The first-order valence-electron chi connectivity index (χ1n) is 5.67. The Balaban J connectivity index is 1.81. The second kappa shape index (κ2) is 5.48. The molecule has 90 valence electrons. The minimum Gasteiger partial charge on any atom is -0.490 e. The quantitative estimate of drug-likeness (QED) is 0.800. The maximum atomic E-state index is 11.0. The number of nitrogens with zero attached hydrogens (tertiary/aromatic N) is 1. The van der Waals surface area contributed by atoms with Crippen LogP contribution in [0, 0.1) is 0 Å². The number of carbonyl (C=O) groups excluding carboxylic acids is 1. The third-order valence-electron chi connectivity index (χ3n) is 2.60. The van der Waals surface area contributed by atoms with Gasteiger partial charge in [0.05, 0.1) is 0 Å². The van der Waals surface area contributed by atoms with Gasteiger partial charge in [-0.2, -0.15) is 0 Å². The third-order valence-corrected chi connectivity index (χ3v) is 2.60. The number of carbonyl (C=O) groups is 1. The standard InChI is InChI=1S/C13H15NO3/c1-10(15)13-8-7-12(17-14-13)9-16-11-5-3-2-4-6-11/h2-6,12H,7-9H2,1H3. The van der Waals surface area contributed by atoms with Crippen molar-refractivity contribution in [2.75, 3.05) is 6.61 Å². The molecule has 0 fully saturated rings. The topological polar surface area (TPSA) is 47.9 Å². The number of hydrogen-bond donors (Lipinski definition) is 0. The summed E-state index contributed by atoms with van der Waals surface area (Å²) in [5.74, 6) is 0.796. The van der Waals surface area contributed by atoms with Crippen molar-refractivity contribution < 1.29 is 14.4 Å². The number of Topliss-reactive ketones (excluding diaryl/α,β-unsaturated/α-hetero) is 1. The molecule has 0 amide bonds. The zero-order valence-corrected chi connectivity index (χ0v) is 9.76. The summed E-state index contributed by atoms with van der Waals surface area (Å²) in [6.45, 7) is 1.96. The van der Waals surface area contributed by atoms with Crippen molar-refractivity contribution in [3.05, 3.63) is 30.3 Å². The van der Waals surface area contributed by atoms with Crippen molar-refractivity contribution in [3.8, 4) is 5.75 Å². The molecule has 1 aromatic carbocycles. The number of ether oxygens (including phenoxy) is 1. The number of benzene rings is 1. The maximum Gasteiger partial charge on any atom is 0.177 e. The predicted molar refractivity (Wildman–Crippen MR) is 64.2 cm³/mol. The Labute approximate surface area is 100 Å². The van der Waals surface area contributed by atoms with Crippen molar-refractivity contribution in [3.63, 3.8) is 0 Å². The number of rotatable bonds is 4. The monoisotopic (exact) mass is 233 g/mol. The second-order valence-corrected chi connectivity index (χ2v) is 3.98. The molecule has 1 unspecified atom stereocenters. The largest absolute Gasteiger partial charge is 0.490 e. The van der Waals surface area contributed by atoms with Crippen LogP contribution in [0.1, 0.15) is 19.8 Å². The number of oxime groups is 1. The van der Waals surface area contributed by atoms with Gasteiger partial charge in [0.15, 0.2) is 11.9 Å². The molecule has 0 aromatic heterocycles. The van der Waals surface area contributed by atoms with Gasteiger partial charge in [-0.25, -0.2) is 0 Å². The van der Waals surface area contributed by atoms with E-state index in [-0.39, 0.29) is 11.9 Å². The van der Waals surface area contributed by atoms with Crippen molar-refractivity contribution in [1.29, 1.82) is 0 Å². The zero-order valence-electron chi connectivity index (χ0n) is 9.76. The van der Waals surface area contributed by atoms with Crippen LogP contribution in [0.4, 0.5) is 0 Å². The molecule has 4 heteroatoms. The minimum atomic E-state index is -0.0710. The molecule has 0 saturated carbocycles. The molecule has 1 atom stereocenters. The molecular weight excluding hydrogens is 218 g/mol. The van der Waals surface area contributed by atoms with Gasteiger partial charge in [-0.1, -0.05) is 23.4 Å². The van der Waals surface area contributed by atoms with Crippen LogP contribution in [0.2, 0.25) is 0 Å². The van der Waals surface area contributed by atoms with Crippen LogP contribution in [-0.2, 0) is 9.63 Å². The molecule has 0 saturated heterocycles. The van der Waals surface area contributed by atoms with E-state index in [1.807, 2.05) is 30.3 Å². The molecule has 17 heavy (non-hydrogen) atoms. The second-order valence-electron chi connectivity index (χ2n) is 3.98. The van der Waals surface area contributed by atoms with Crippen LogP contribution in [0.25, 0.3) is 0 Å². The summed E-state index contributed by atoms with van der Waals surface area (Å²) in [6, 6.07) is 9.57. The normalized spacial score (nSPS) is 19.1. The molecule has 0 N–H and O–H groups in total. The Hall–Kier alpha value is -1.84. The van der Waals surface area contributed by atoms with E-state index in [9.17, 15) is 4.79 Å². The van der Waals surface area contributed by atoms with Gasteiger partial charge in [0.25, 0.3) is 0 Å². The minimum absolute atomic E-state index is 0.0209. The lowest BCUT2D eigenvalue weighted by atomic mass is 10.1. The Morgan fingerprint density at radius 2 is 2.24 bits per heavy atom. The van der Waals surface area contributed by atoms with E-state index in [0.717, 1.165) is 12.2 Å². The van der Waals surface area contributed by atoms with Crippen LogP contribution >= 0.6 is 0 Å². The predicted octanol–water partition coefficient (Wildman–Crippen LogP) is 2.19. The van der Waals surface area contributed by atoms with Gasteiger partial charge in [0.1, 0.15) is 18.1 Å². The van der Waals surface area contributed by atoms with E-state index in [4.69, 9.17) is 9.57 Å². The molecule has 1 aliphatic rings. The van der Waals surface area contributed by atoms with Gasteiger partial charge in [0.2, 0.25) is 0 Å². The lowest BCUT2D eigenvalue weighted by Gasteiger charge is -2.20. The Morgan fingerprint density at radius 1 is 1.47 bits per heavy atom. The Bertz CT molecular complexity index is 414. The fourth-order valence-corrected chi connectivity index (χ4v) is 1.59. The smallest absolute Gasteiger partial charge is 0.177 e. The first-order valence-corrected chi connectivity index (χ1v) is 5.67. The Kier molecular flexibility index (Phi) is 3.75. The number of ketones is 1. The van der Waals surface area contributed by atoms with E-state index in [0.29, 0.717) is 18.7 Å². The molecule has 0 radical (unpaired) electrons. The summed E-state index contributed by atoms with van der Waals surface area (Å²) < 4.78 is 5.56. The molecule has 4 nitrogen and oxygen atoms in total. The SMILES string of the molecule is CC(=O)C1=NOC(COc2ccccc2)CC1. The first kappa shape index (κ1) is 11.6. The summed E-state index contributed by atoms with van der Waals surface area (Å²) in [4.78, 5) is 16.3. The molecule has 0 bridgehead atoms. The lowest BCUT2D eigenvalue weighted by molar-refractivity contribution is -0.111. The van der Waals surface area contributed by atoms with Crippen LogP contribution in [-0.4, -0.2) is 24.2 Å². The van der Waals surface area contributed by atoms with E-state index < -0.39 is 0 Å². The summed E-state index contributed by atoms with van der Waals surface area (Å²) in [7, 11) is 0. The van der Waals surface area contributed by atoms with Crippen LogP contribution in [0.5, 0.6) is 5.75 Å². The van der Waals surface area contributed by atoms with Gasteiger partial charge >= 0.3 is 0 Å². The fourth-order valence-electron chi connectivity index (χ4n) is 1.59. The number of para-hydroxylation sites is 1. The highest BCUT2D eigenvalue weighted by Crippen LogP contribution is 2.15. The summed E-state index contributed by atoms with van der Waals surface area (Å²) in [5, 5.41) is 3.81. The van der Waals surface area contributed by atoms with E-state index in [2.05, 4.69) is 5.16 Å². The highest BCUT2D eigenvalue weighted by atomic mass is 16.7. The van der Waals surface area contributed by atoms with Crippen molar-refractivity contribution >= 4 is 11.5 Å².